The molecule has 0 aromatic carbocycles. The van der Waals surface area contributed by atoms with Gasteiger partial charge in [0, 0.05) is 17.9 Å². The third kappa shape index (κ3) is 10.3. The number of rotatable bonds is 14. The summed E-state index contributed by atoms with van der Waals surface area (Å²) in [5, 5.41) is 24.4. The molecule has 0 aliphatic rings. The highest BCUT2D eigenvalue weighted by atomic mass is 32.1. The maximum absolute atomic E-state index is 12.4. The van der Waals surface area contributed by atoms with Crippen LogP contribution >= 0.6 is 25.3 Å². The number of carboxylic acids is 2. The molecule has 15 heteroatoms. The van der Waals surface area contributed by atoms with Crippen molar-refractivity contribution < 1.29 is 39.0 Å². The normalized spacial score (nSPS) is 14.5. The molecule has 0 rings (SSSR count). The predicted octanol–water partition coefficient (Wildman–Crippen LogP) is -3.55. The number of aliphatic carboxylic acids is 2. The molecule has 13 nitrogen and oxygen atoms in total. The Morgan fingerprint density at radius 1 is 0.800 bits per heavy atom. The molecule has 0 aromatic rings. The molecule has 0 saturated heterocycles. The lowest BCUT2D eigenvalue weighted by molar-refractivity contribution is -0.143. The lowest BCUT2D eigenvalue weighted by Crippen LogP contribution is -2.58. The number of carboxylic acid groups (broad SMARTS) is 2. The fourth-order valence-electron chi connectivity index (χ4n) is 2.02. The summed E-state index contributed by atoms with van der Waals surface area (Å²) in [5.41, 5.74) is 10.6. The van der Waals surface area contributed by atoms with E-state index in [1.54, 1.807) is 0 Å². The summed E-state index contributed by atoms with van der Waals surface area (Å²) in [6.45, 7) is 0. The average molecular weight is 468 g/mol. The van der Waals surface area contributed by atoms with E-state index in [9.17, 15) is 28.8 Å². The van der Waals surface area contributed by atoms with E-state index in [0.29, 0.717) is 0 Å². The van der Waals surface area contributed by atoms with E-state index in [2.05, 4.69) is 41.2 Å². The van der Waals surface area contributed by atoms with Crippen LogP contribution in [0.15, 0.2) is 0 Å². The molecule has 9 N–H and O–H groups in total. The van der Waals surface area contributed by atoms with Crippen molar-refractivity contribution in [1.82, 2.24) is 16.0 Å². The third-order valence-corrected chi connectivity index (χ3v) is 4.39. The number of carbonyl (C=O) groups is 6. The average Bonchev–Trinajstić information content (AvgIpc) is 2.66. The van der Waals surface area contributed by atoms with Crippen molar-refractivity contribution in [3.8, 4) is 0 Å². The first kappa shape index (κ1) is 27.5. The van der Waals surface area contributed by atoms with E-state index in [4.69, 9.17) is 21.7 Å². The van der Waals surface area contributed by atoms with Gasteiger partial charge in [-0.25, -0.2) is 4.79 Å². The van der Waals surface area contributed by atoms with Crippen LogP contribution in [0.4, 0.5) is 0 Å². The summed E-state index contributed by atoms with van der Waals surface area (Å²) in [4.78, 5) is 69.4. The second kappa shape index (κ2) is 13.7. The molecule has 0 heterocycles. The maximum atomic E-state index is 12.4. The lowest BCUT2D eigenvalue weighted by atomic mass is 10.1. The minimum Gasteiger partial charge on any atom is -0.481 e. The van der Waals surface area contributed by atoms with Gasteiger partial charge >= 0.3 is 11.9 Å². The Kier molecular flexibility index (Phi) is 12.5. The maximum Gasteiger partial charge on any atom is 0.327 e. The topological polar surface area (TPSA) is 231 Å². The molecule has 0 aliphatic carbocycles. The zero-order valence-corrected chi connectivity index (χ0v) is 17.5. The van der Waals surface area contributed by atoms with Crippen LogP contribution in [0.25, 0.3) is 0 Å². The number of hydrogen-bond donors (Lipinski definition) is 9. The highest BCUT2D eigenvalue weighted by Gasteiger charge is 2.30. The largest absolute Gasteiger partial charge is 0.481 e. The van der Waals surface area contributed by atoms with E-state index >= 15 is 0 Å². The molecule has 170 valence electrons. The Balaban J connectivity index is 5.14. The zero-order valence-electron chi connectivity index (χ0n) is 15.7. The molecule has 4 unspecified atom stereocenters. The summed E-state index contributed by atoms with van der Waals surface area (Å²) in [5.74, 6) is -6.79. The Bertz CT molecular complexity index is 677. The van der Waals surface area contributed by atoms with Crippen molar-refractivity contribution >= 4 is 60.8 Å². The standard InChI is InChI=1S/C15H25N5O8S2/c16-6(1-2-10(17)21)12(24)19-8(4-29)14(26)18-7(3-11(22)23)13(25)20-9(5-30)15(27)28/h6-9,29-30H,1-5,16H2,(H2,17,21)(H,18,26)(H,19,24)(H,20,25)(H,22,23)(H,27,28). The minimum absolute atomic E-state index is 0.0631. The van der Waals surface area contributed by atoms with Crippen molar-refractivity contribution in [2.24, 2.45) is 11.5 Å². The van der Waals surface area contributed by atoms with E-state index in [0.717, 1.165) is 0 Å². The van der Waals surface area contributed by atoms with Gasteiger partial charge in [0.1, 0.15) is 18.1 Å². The van der Waals surface area contributed by atoms with Gasteiger partial charge in [-0.1, -0.05) is 0 Å². The number of primary amides is 1. The number of nitrogens with two attached hydrogens (primary N) is 2. The molecule has 0 spiro atoms. The molecular weight excluding hydrogens is 442 g/mol. The summed E-state index contributed by atoms with van der Waals surface area (Å²) in [7, 11) is 0. The Morgan fingerprint density at radius 3 is 1.70 bits per heavy atom. The highest BCUT2D eigenvalue weighted by Crippen LogP contribution is 2.01. The summed E-state index contributed by atoms with van der Waals surface area (Å²) in [6, 6.07) is -5.46. The van der Waals surface area contributed by atoms with Gasteiger partial charge in [0.2, 0.25) is 23.6 Å². The van der Waals surface area contributed by atoms with Crippen LogP contribution < -0.4 is 27.4 Å². The minimum atomic E-state index is -1.63. The van der Waals surface area contributed by atoms with Crippen LogP contribution in [0, 0.1) is 0 Å². The van der Waals surface area contributed by atoms with Crippen LogP contribution in [0.2, 0.25) is 0 Å². The second-order valence-electron chi connectivity index (χ2n) is 6.10. The van der Waals surface area contributed by atoms with Crippen LogP contribution in [0.5, 0.6) is 0 Å². The first-order chi connectivity index (χ1) is 13.9. The molecule has 4 amide bonds. The van der Waals surface area contributed by atoms with Gasteiger partial charge in [-0.3, -0.25) is 24.0 Å². The van der Waals surface area contributed by atoms with Crippen LogP contribution in [0.3, 0.4) is 0 Å². The monoisotopic (exact) mass is 467 g/mol. The second-order valence-corrected chi connectivity index (χ2v) is 6.83. The molecule has 4 atom stereocenters. The van der Waals surface area contributed by atoms with Crippen LogP contribution in [-0.2, 0) is 28.8 Å². The number of thiol groups is 2. The van der Waals surface area contributed by atoms with Gasteiger partial charge in [0.15, 0.2) is 0 Å². The van der Waals surface area contributed by atoms with E-state index in [-0.39, 0.29) is 24.3 Å². The molecular formula is C15H25N5O8S2. The van der Waals surface area contributed by atoms with Crippen molar-refractivity contribution in [2.75, 3.05) is 11.5 Å². The van der Waals surface area contributed by atoms with Gasteiger partial charge in [-0.2, -0.15) is 25.3 Å². The van der Waals surface area contributed by atoms with Gasteiger partial charge < -0.3 is 37.6 Å². The first-order valence-electron chi connectivity index (χ1n) is 8.54. The van der Waals surface area contributed by atoms with Crippen LogP contribution in [-0.4, -0.2) is 81.5 Å². The predicted molar refractivity (Wildman–Crippen MR) is 110 cm³/mol. The molecule has 30 heavy (non-hydrogen) atoms. The smallest absolute Gasteiger partial charge is 0.327 e. The van der Waals surface area contributed by atoms with Crippen molar-refractivity contribution in [3.63, 3.8) is 0 Å². The molecule has 0 aliphatic heterocycles. The van der Waals surface area contributed by atoms with Crippen LogP contribution in [0.1, 0.15) is 19.3 Å². The first-order valence-corrected chi connectivity index (χ1v) is 9.80. The molecule has 0 saturated carbocycles. The molecule has 0 aromatic heterocycles. The van der Waals surface area contributed by atoms with Crippen molar-refractivity contribution in [1.29, 1.82) is 0 Å². The number of carbonyl (C=O) groups excluding carboxylic acids is 4. The fraction of sp³-hybridized carbons (Fsp3) is 0.600. The fourth-order valence-corrected chi connectivity index (χ4v) is 2.52. The zero-order chi connectivity index (χ0) is 23.4. The number of amides is 4. The van der Waals surface area contributed by atoms with E-state index in [1.807, 2.05) is 0 Å². The highest BCUT2D eigenvalue weighted by molar-refractivity contribution is 7.80. The number of nitrogens with one attached hydrogen (secondary N) is 3. The Labute approximate surface area is 182 Å². The van der Waals surface area contributed by atoms with Crippen molar-refractivity contribution in [2.45, 2.75) is 43.4 Å². The quantitative estimate of drug-likeness (QED) is 0.115. The Hall–Kier alpha value is -2.52. The van der Waals surface area contributed by atoms with Crippen molar-refractivity contribution in [3.05, 3.63) is 0 Å². The molecule has 0 fully saturated rings. The van der Waals surface area contributed by atoms with Gasteiger partial charge in [-0.15, -0.1) is 0 Å². The van der Waals surface area contributed by atoms with E-state index < -0.39 is 66.2 Å². The SMILES string of the molecule is NC(=O)CCC(N)C(=O)NC(CS)C(=O)NC(CC(=O)O)C(=O)NC(CS)C(=O)O. The van der Waals surface area contributed by atoms with Gasteiger partial charge in [-0.05, 0) is 6.42 Å². The number of hydrogen-bond acceptors (Lipinski definition) is 9. The van der Waals surface area contributed by atoms with Gasteiger partial charge in [0.05, 0.1) is 12.5 Å². The Morgan fingerprint density at radius 2 is 1.27 bits per heavy atom. The summed E-state index contributed by atoms with van der Waals surface area (Å²) in [6.07, 6.45) is -1.06. The van der Waals surface area contributed by atoms with Gasteiger partial charge in [0.25, 0.3) is 0 Å². The lowest BCUT2D eigenvalue weighted by Gasteiger charge is -2.23. The van der Waals surface area contributed by atoms with E-state index in [1.165, 1.54) is 0 Å². The summed E-state index contributed by atoms with van der Waals surface area (Å²) < 4.78 is 0. The molecule has 0 radical (unpaired) electrons. The third-order valence-electron chi connectivity index (χ3n) is 3.66. The molecule has 0 bridgehead atoms. The summed E-state index contributed by atoms with van der Waals surface area (Å²) >= 11 is 7.70.